The largest absolute Gasteiger partial charge is 0.497 e. The zero-order valence-electron chi connectivity index (χ0n) is 12.1. The molecule has 2 aromatic carbocycles. The van der Waals surface area contributed by atoms with E-state index in [1.807, 2.05) is 18.2 Å². The van der Waals surface area contributed by atoms with Crippen molar-refractivity contribution in [2.24, 2.45) is 5.84 Å². The van der Waals surface area contributed by atoms with Gasteiger partial charge in [0.2, 0.25) is 0 Å². The number of hydrogen-bond acceptors (Lipinski definition) is 4. The fraction of sp³-hybridized carbons (Fsp3) is 0.250. The van der Waals surface area contributed by atoms with Gasteiger partial charge in [0.1, 0.15) is 11.5 Å². The second kappa shape index (κ2) is 7.63. The molecular weight excluding hydrogens is 379 g/mol. The van der Waals surface area contributed by atoms with E-state index in [9.17, 15) is 0 Å². The average molecular weight is 398 g/mol. The van der Waals surface area contributed by atoms with Crippen molar-refractivity contribution in [2.45, 2.75) is 12.5 Å². The van der Waals surface area contributed by atoms with Gasteiger partial charge in [-0.3, -0.25) is 11.3 Å². The number of hydrogen-bond donors (Lipinski definition) is 2. The number of benzene rings is 2. The molecule has 21 heavy (non-hydrogen) atoms. The fourth-order valence-electron chi connectivity index (χ4n) is 2.23. The highest BCUT2D eigenvalue weighted by molar-refractivity contribution is 14.1. The van der Waals surface area contributed by atoms with Crippen LogP contribution >= 0.6 is 22.6 Å². The van der Waals surface area contributed by atoms with E-state index in [-0.39, 0.29) is 6.04 Å². The Labute approximate surface area is 138 Å². The smallest absolute Gasteiger partial charge is 0.123 e. The Balaban J connectivity index is 2.29. The highest BCUT2D eigenvalue weighted by Gasteiger charge is 2.16. The van der Waals surface area contributed by atoms with Crippen LogP contribution in [0.15, 0.2) is 42.5 Å². The van der Waals surface area contributed by atoms with Crippen LogP contribution < -0.4 is 20.7 Å². The third-order valence-electron chi connectivity index (χ3n) is 3.37. The van der Waals surface area contributed by atoms with E-state index in [0.29, 0.717) is 0 Å². The molecule has 112 valence electrons. The predicted molar refractivity (Wildman–Crippen MR) is 92.5 cm³/mol. The van der Waals surface area contributed by atoms with Crippen LogP contribution in [0.25, 0.3) is 0 Å². The lowest BCUT2D eigenvalue weighted by Crippen LogP contribution is -2.30. The Kier molecular flexibility index (Phi) is 5.84. The summed E-state index contributed by atoms with van der Waals surface area (Å²) in [5.74, 6) is 7.33. The zero-order chi connectivity index (χ0) is 15.2. The molecule has 0 heterocycles. The molecule has 0 saturated carbocycles. The lowest BCUT2D eigenvalue weighted by molar-refractivity contribution is 0.389. The van der Waals surface area contributed by atoms with Crippen molar-refractivity contribution in [3.8, 4) is 11.5 Å². The van der Waals surface area contributed by atoms with E-state index in [0.717, 1.165) is 23.5 Å². The molecule has 0 aliphatic heterocycles. The van der Waals surface area contributed by atoms with E-state index < -0.39 is 0 Å². The second-order valence-electron chi connectivity index (χ2n) is 4.66. The Morgan fingerprint density at radius 2 is 1.81 bits per heavy atom. The van der Waals surface area contributed by atoms with Gasteiger partial charge in [0, 0.05) is 9.13 Å². The van der Waals surface area contributed by atoms with Crippen LogP contribution in [-0.2, 0) is 6.42 Å². The van der Waals surface area contributed by atoms with Crippen LogP contribution in [0.1, 0.15) is 17.2 Å². The number of nitrogens with one attached hydrogen (secondary N) is 1. The van der Waals surface area contributed by atoms with Gasteiger partial charge in [-0.25, -0.2) is 0 Å². The molecule has 0 fully saturated rings. The van der Waals surface area contributed by atoms with E-state index >= 15 is 0 Å². The molecule has 0 bridgehead atoms. The summed E-state index contributed by atoms with van der Waals surface area (Å²) in [5.41, 5.74) is 5.07. The Hall–Kier alpha value is -1.31. The molecule has 0 amide bonds. The van der Waals surface area contributed by atoms with Gasteiger partial charge in [-0.05, 0) is 64.9 Å². The Bertz CT molecular complexity index is 587. The highest BCUT2D eigenvalue weighted by atomic mass is 127. The van der Waals surface area contributed by atoms with Gasteiger partial charge in [-0.1, -0.05) is 12.1 Å². The van der Waals surface area contributed by atoms with Crippen molar-refractivity contribution in [3.63, 3.8) is 0 Å². The summed E-state index contributed by atoms with van der Waals surface area (Å²) in [7, 11) is 3.30. The van der Waals surface area contributed by atoms with Crippen LogP contribution in [0.2, 0.25) is 0 Å². The van der Waals surface area contributed by atoms with E-state index in [1.165, 1.54) is 9.13 Å². The molecule has 2 rings (SSSR count). The monoisotopic (exact) mass is 398 g/mol. The van der Waals surface area contributed by atoms with Gasteiger partial charge < -0.3 is 9.47 Å². The minimum absolute atomic E-state index is 0.0462. The molecular formula is C16H19IN2O2. The molecule has 2 aromatic rings. The van der Waals surface area contributed by atoms with Gasteiger partial charge >= 0.3 is 0 Å². The van der Waals surface area contributed by atoms with Crippen LogP contribution in [-0.4, -0.2) is 14.2 Å². The highest BCUT2D eigenvalue weighted by Crippen LogP contribution is 2.31. The van der Waals surface area contributed by atoms with Crippen molar-refractivity contribution < 1.29 is 9.47 Å². The van der Waals surface area contributed by atoms with Crippen LogP contribution in [0.3, 0.4) is 0 Å². The van der Waals surface area contributed by atoms with Crippen molar-refractivity contribution >= 4 is 22.6 Å². The predicted octanol–water partition coefficient (Wildman–Crippen LogP) is 3.06. The van der Waals surface area contributed by atoms with Crippen molar-refractivity contribution in [1.29, 1.82) is 0 Å². The van der Waals surface area contributed by atoms with Crippen LogP contribution in [0.5, 0.6) is 11.5 Å². The molecule has 0 aliphatic carbocycles. The molecule has 1 atom stereocenters. The SMILES string of the molecule is COc1ccc(OC)c(C(Cc2ccc(I)cc2)NN)c1. The number of nitrogens with two attached hydrogens (primary N) is 1. The normalized spacial score (nSPS) is 12.0. The molecule has 0 radical (unpaired) electrons. The van der Waals surface area contributed by atoms with Gasteiger partial charge in [-0.2, -0.15) is 0 Å². The Morgan fingerprint density at radius 1 is 1.10 bits per heavy atom. The van der Waals surface area contributed by atoms with Gasteiger partial charge in [0.25, 0.3) is 0 Å². The molecule has 0 aliphatic rings. The lowest BCUT2D eigenvalue weighted by Gasteiger charge is -2.20. The third-order valence-corrected chi connectivity index (χ3v) is 4.09. The summed E-state index contributed by atoms with van der Waals surface area (Å²) in [6.45, 7) is 0. The number of hydrazine groups is 1. The van der Waals surface area contributed by atoms with E-state index in [2.05, 4.69) is 52.3 Å². The minimum Gasteiger partial charge on any atom is -0.497 e. The molecule has 0 saturated heterocycles. The number of halogens is 1. The lowest BCUT2D eigenvalue weighted by atomic mass is 9.98. The molecule has 3 N–H and O–H groups in total. The maximum atomic E-state index is 5.75. The molecule has 4 nitrogen and oxygen atoms in total. The number of rotatable bonds is 6. The third kappa shape index (κ3) is 4.09. The molecule has 1 unspecified atom stereocenters. The quantitative estimate of drug-likeness (QED) is 0.446. The summed E-state index contributed by atoms with van der Waals surface area (Å²) >= 11 is 2.29. The maximum absolute atomic E-state index is 5.75. The standard InChI is InChI=1S/C16H19IN2O2/c1-20-13-7-8-16(21-2)14(10-13)15(19-18)9-11-3-5-12(17)6-4-11/h3-8,10,15,19H,9,18H2,1-2H3. The second-order valence-corrected chi connectivity index (χ2v) is 5.90. The van der Waals surface area contributed by atoms with Crippen molar-refractivity contribution in [1.82, 2.24) is 5.43 Å². The van der Waals surface area contributed by atoms with E-state index in [4.69, 9.17) is 15.3 Å². The first-order valence-corrected chi connectivity index (χ1v) is 7.68. The van der Waals surface area contributed by atoms with E-state index in [1.54, 1.807) is 14.2 Å². The van der Waals surface area contributed by atoms with Crippen LogP contribution in [0.4, 0.5) is 0 Å². The van der Waals surface area contributed by atoms with Gasteiger partial charge in [-0.15, -0.1) is 0 Å². The van der Waals surface area contributed by atoms with Crippen LogP contribution in [0, 0.1) is 3.57 Å². The molecule has 5 heteroatoms. The number of ether oxygens (including phenoxy) is 2. The zero-order valence-corrected chi connectivity index (χ0v) is 14.3. The first kappa shape index (κ1) is 16.1. The summed E-state index contributed by atoms with van der Waals surface area (Å²) in [5, 5.41) is 0. The maximum Gasteiger partial charge on any atom is 0.123 e. The number of methoxy groups -OCH3 is 2. The topological polar surface area (TPSA) is 56.5 Å². The fourth-order valence-corrected chi connectivity index (χ4v) is 2.59. The molecule has 0 aromatic heterocycles. The Morgan fingerprint density at radius 3 is 2.38 bits per heavy atom. The van der Waals surface area contributed by atoms with Crippen molar-refractivity contribution in [3.05, 3.63) is 57.2 Å². The first-order valence-electron chi connectivity index (χ1n) is 6.60. The summed E-state index contributed by atoms with van der Waals surface area (Å²) in [4.78, 5) is 0. The van der Waals surface area contributed by atoms with Crippen molar-refractivity contribution in [2.75, 3.05) is 14.2 Å². The average Bonchev–Trinajstić information content (AvgIpc) is 2.53. The summed E-state index contributed by atoms with van der Waals surface area (Å²) in [6.07, 6.45) is 0.775. The molecule has 0 spiro atoms. The van der Waals surface area contributed by atoms with Gasteiger partial charge in [0.15, 0.2) is 0 Å². The first-order chi connectivity index (χ1) is 10.2. The summed E-state index contributed by atoms with van der Waals surface area (Å²) in [6, 6.07) is 14.1. The minimum atomic E-state index is -0.0462. The summed E-state index contributed by atoms with van der Waals surface area (Å²) < 4.78 is 11.9. The van der Waals surface area contributed by atoms with Gasteiger partial charge in [0.05, 0.1) is 20.3 Å².